The van der Waals surface area contributed by atoms with E-state index < -0.39 is 0 Å². The minimum Gasteiger partial charge on any atom is -0.322 e. The van der Waals surface area contributed by atoms with Crippen molar-refractivity contribution in [1.82, 2.24) is 0 Å². The number of nitrogens with one attached hydrogen (secondary N) is 1. The lowest BCUT2D eigenvalue weighted by molar-refractivity contribution is -0.118. The van der Waals surface area contributed by atoms with E-state index in [0.717, 1.165) is 16.8 Å². The number of Topliss-reactive ketones (excluding diaryl/α,β-unsaturated/α-hetero) is 1. The number of nitrogens with zero attached hydrogens (tertiary/aromatic N) is 1. The normalized spacial score (nSPS) is 13.4. The van der Waals surface area contributed by atoms with Crippen LogP contribution in [0.2, 0.25) is 0 Å². The number of benzene rings is 3. The molecule has 2 amide bonds. The predicted molar refractivity (Wildman–Crippen MR) is 117 cm³/mol. The first-order valence-corrected chi connectivity index (χ1v) is 9.91. The van der Waals surface area contributed by atoms with Crippen LogP contribution in [-0.2, 0) is 11.2 Å². The van der Waals surface area contributed by atoms with Crippen molar-refractivity contribution >= 4 is 29.0 Å². The molecule has 0 saturated carbocycles. The van der Waals surface area contributed by atoms with Gasteiger partial charge in [0.15, 0.2) is 0 Å². The molecule has 3 aromatic carbocycles. The third-order valence-electron chi connectivity index (χ3n) is 5.31. The largest absolute Gasteiger partial charge is 0.322 e. The minimum absolute atomic E-state index is 0.131. The number of hydrogen-bond donors (Lipinski definition) is 1. The number of fused-ring (bicyclic) bond motifs is 1. The van der Waals surface area contributed by atoms with Crippen LogP contribution in [0.4, 0.5) is 11.4 Å². The van der Waals surface area contributed by atoms with Gasteiger partial charge in [-0.2, -0.15) is 0 Å². The second-order valence-corrected chi connectivity index (χ2v) is 7.40. The summed E-state index contributed by atoms with van der Waals surface area (Å²) in [6.45, 7) is 2.25. The van der Waals surface area contributed by atoms with Crippen LogP contribution in [0, 0.1) is 6.92 Å². The molecule has 1 aliphatic rings. The van der Waals surface area contributed by atoms with Crippen LogP contribution in [0.5, 0.6) is 0 Å². The van der Waals surface area contributed by atoms with Crippen molar-refractivity contribution in [2.24, 2.45) is 0 Å². The van der Waals surface area contributed by atoms with Crippen molar-refractivity contribution in [3.05, 3.63) is 95.1 Å². The molecule has 0 aromatic heterocycles. The molecule has 1 aliphatic heterocycles. The Bertz CT molecular complexity index is 1120. The number of aryl methyl sites for hydroxylation is 1. The first kappa shape index (κ1) is 19.6. The van der Waals surface area contributed by atoms with Gasteiger partial charge in [0.25, 0.3) is 11.8 Å². The Balaban J connectivity index is 1.53. The molecule has 1 N–H and O–H groups in total. The lowest BCUT2D eigenvalue weighted by Gasteiger charge is -2.22. The zero-order chi connectivity index (χ0) is 21.1. The van der Waals surface area contributed by atoms with E-state index in [2.05, 4.69) is 5.32 Å². The predicted octanol–water partition coefficient (Wildman–Crippen LogP) is 4.41. The monoisotopic (exact) mass is 398 g/mol. The van der Waals surface area contributed by atoms with Gasteiger partial charge in [-0.25, -0.2) is 0 Å². The summed E-state index contributed by atoms with van der Waals surface area (Å²) in [6, 6.07) is 21.7. The number of amides is 2. The van der Waals surface area contributed by atoms with Crippen LogP contribution in [0.15, 0.2) is 72.8 Å². The summed E-state index contributed by atoms with van der Waals surface area (Å²) in [5.74, 6) is -0.215. The highest BCUT2D eigenvalue weighted by molar-refractivity contribution is 6.08. The molecule has 0 spiro atoms. The average molecular weight is 398 g/mol. The highest BCUT2D eigenvalue weighted by Crippen LogP contribution is 2.27. The van der Waals surface area contributed by atoms with Crippen molar-refractivity contribution in [2.75, 3.05) is 16.8 Å². The second-order valence-electron chi connectivity index (χ2n) is 7.40. The zero-order valence-corrected chi connectivity index (χ0v) is 16.7. The van der Waals surface area contributed by atoms with Gasteiger partial charge in [-0.1, -0.05) is 36.4 Å². The van der Waals surface area contributed by atoms with Crippen molar-refractivity contribution in [2.45, 2.75) is 19.8 Å². The molecule has 3 aromatic rings. The standard InChI is InChI=1S/C25H22N2O3/c1-17-6-2-4-8-22(17)24(29)26-20-12-10-18(11-13-20)25(30)27-15-14-21(28)16-19-7-3-5-9-23(19)27/h2-13H,14-16H2,1H3,(H,26,29). The van der Waals surface area contributed by atoms with Crippen LogP contribution in [0.1, 0.15) is 38.3 Å². The van der Waals surface area contributed by atoms with Crippen LogP contribution in [-0.4, -0.2) is 24.1 Å². The van der Waals surface area contributed by atoms with Crippen LogP contribution in [0.25, 0.3) is 0 Å². The van der Waals surface area contributed by atoms with E-state index in [-0.39, 0.29) is 17.6 Å². The molecule has 0 unspecified atom stereocenters. The number of carbonyl (C=O) groups is 3. The zero-order valence-electron chi connectivity index (χ0n) is 16.7. The molecule has 0 saturated heterocycles. The summed E-state index contributed by atoms with van der Waals surface area (Å²) in [5, 5.41) is 2.87. The molecular formula is C25H22N2O3. The summed E-state index contributed by atoms with van der Waals surface area (Å²) < 4.78 is 0. The van der Waals surface area contributed by atoms with Gasteiger partial charge >= 0.3 is 0 Å². The summed E-state index contributed by atoms with van der Waals surface area (Å²) in [4.78, 5) is 39.4. The van der Waals surface area contributed by atoms with E-state index in [1.165, 1.54) is 0 Å². The van der Waals surface area contributed by atoms with Gasteiger partial charge in [0, 0.05) is 41.9 Å². The Morgan fingerprint density at radius 3 is 2.37 bits per heavy atom. The Kier molecular flexibility index (Phi) is 5.44. The first-order valence-electron chi connectivity index (χ1n) is 9.91. The molecule has 5 heteroatoms. The highest BCUT2D eigenvalue weighted by Gasteiger charge is 2.24. The van der Waals surface area contributed by atoms with Gasteiger partial charge in [-0.3, -0.25) is 14.4 Å². The van der Waals surface area contributed by atoms with E-state index >= 15 is 0 Å². The van der Waals surface area contributed by atoms with E-state index in [9.17, 15) is 14.4 Å². The molecule has 5 nitrogen and oxygen atoms in total. The third kappa shape index (κ3) is 4.01. The Labute approximate surface area is 175 Å². The fourth-order valence-electron chi connectivity index (χ4n) is 3.67. The number of para-hydroxylation sites is 1. The number of rotatable bonds is 3. The summed E-state index contributed by atoms with van der Waals surface area (Å²) in [6.07, 6.45) is 0.689. The SMILES string of the molecule is Cc1ccccc1C(=O)Nc1ccc(C(=O)N2CCC(=O)Cc3ccccc32)cc1. The van der Waals surface area contributed by atoms with Gasteiger partial charge in [-0.05, 0) is 54.4 Å². The molecule has 150 valence electrons. The van der Waals surface area contributed by atoms with Gasteiger partial charge in [0.2, 0.25) is 0 Å². The maximum Gasteiger partial charge on any atom is 0.258 e. The summed E-state index contributed by atoms with van der Waals surface area (Å²) in [5.41, 5.74) is 4.29. The quantitative estimate of drug-likeness (QED) is 0.711. The fraction of sp³-hybridized carbons (Fsp3) is 0.160. The number of carbonyl (C=O) groups excluding carboxylic acids is 3. The molecule has 0 atom stereocenters. The van der Waals surface area contributed by atoms with Crippen molar-refractivity contribution in [1.29, 1.82) is 0 Å². The Morgan fingerprint density at radius 2 is 1.60 bits per heavy atom. The van der Waals surface area contributed by atoms with Crippen LogP contribution >= 0.6 is 0 Å². The van der Waals surface area contributed by atoms with Gasteiger partial charge in [0.1, 0.15) is 5.78 Å². The number of ketones is 1. The Morgan fingerprint density at radius 1 is 0.900 bits per heavy atom. The maximum atomic E-state index is 13.1. The topological polar surface area (TPSA) is 66.5 Å². The maximum absolute atomic E-state index is 13.1. The van der Waals surface area contributed by atoms with Crippen LogP contribution < -0.4 is 10.2 Å². The smallest absolute Gasteiger partial charge is 0.258 e. The molecule has 4 rings (SSSR count). The number of hydrogen-bond acceptors (Lipinski definition) is 3. The lowest BCUT2D eigenvalue weighted by atomic mass is 10.1. The molecule has 0 bridgehead atoms. The molecule has 1 heterocycles. The Hall–Kier alpha value is -3.73. The van der Waals surface area contributed by atoms with Crippen molar-refractivity contribution in [3.8, 4) is 0 Å². The summed E-state index contributed by atoms with van der Waals surface area (Å²) >= 11 is 0. The fourth-order valence-corrected chi connectivity index (χ4v) is 3.67. The number of anilines is 2. The lowest BCUT2D eigenvalue weighted by Crippen LogP contribution is -2.32. The van der Waals surface area contributed by atoms with Crippen molar-refractivity contribution < 1.29 is 14.4 Å². The molecular weight excluding hydrogens is 376 g/mol. The minimum atomic E-state index is -0.188. The average Bonchev–Trinajstić information content (AvgIpc) is 2.92. The second kappa shape index (κ2) is 8.33. The first-order chi connectivity index (χ1) is 14.5. The van der Waals surface area contributed by atoms with Gasteiger partial charge < -0.3 is 10.2 Å². The molecule has 0 aliphatic carbocycles. The van der Waals surface area contributed by atoms with E-state index in [0.29, 0.717) is 36.2 Å². The van der Waals surface area contributed by atoms with Gasteiger partial charge in [-0.15, -0.1) is 0 Å². The molecule has 0 radical (unpaired) electrons. The third-order valence-corrected chi connectivity index (χ3v) is 5.31. The van der Waals surface area contributed by atoms with Crippen molar-refractivity contribution in [3.63, 3.8) is 0 Å². The van der Waals surface area contributed by atoms with E-state index in [1.54, 1.807) is 35.2 Å². The summed E-state index contributed by atoms with van der Waals surface area (Å²) in [7, 11) is 0. The molecule has 30 heavy (non-hydrogen) atoms. The highest BCUT2D eigenvalue weighted by atomic mass is 16.2. The molecule has 0 fully saturated rings. The van der Waals surface area contributed by atoms with Gasteiger partial charge in [0.05, 0.1) is 0 Å². The van der Waals surface area contributed by atoms with E-state index in [1.807, 2.05) is 49.4 Å². The van der Waals surface area contributed by atoms with E-state index in [4.69, 9.17) is 0 Å². The van der Waals surface area contributed by atoms with Crippen LogP contribution in [0.3, 0.4) is 0 Å².